The highest BCUT2D eigenvalue weighted by atomic mass is 16.7. The van der Waals surface area contributed by atoms with Gasteiger partial charge in [-0.1, -0.05) is 36.8 Å². The molecule has 0 spiro atoms. The molecule has 0 amide bonds. The van der Waals surface area contributed by atoms with Crippen LogP contribution >= 0.6 is 0 Å². The maximum absolute atomic E-state index is 13.2. The number of aromatic hydroxyl groups is 1. The van der Waals surface area contributed by atoms with Crippen LogP contribution in [-0.2, 0) is 14.3 Å². The summed E-state index contributed by atoms with van der Waals surface area (Å²) in [6.45, 7) is 6.52. The van der Waals surface area contributed by atoms with Gasteiger partial charge in [0.1, 0.15) is 30.2 Å². The van der Waals surface area contributed by atoms with E-state index in [1.807, 2.05) is 19.9 Å². The number of carbonyl (C=O) groups excluding carboxylic acids is 1. The van der Waals surface area contributed by atoms with Crippen LogP contribution in [0.5, 0.6) is 5.75 Å². The summed E-state index contributed by atoms with van der Waals surface area (Å²) in [6.07, 6.45) is -3.09. The van der Waals surface area contributed by atoms with Crippen molar-refractivity contribution < 1.29 is 50.0 Å². The minimum atomic E-state index is -1.62. The monoisotopic (exact) mass is 576 g/mol. The third-order valence-electron chi connectivity index (χ3n) is 9.53. The van der Waals surface area contributed by atoms with Crippen LogP contribution in [-0.4, -0.2) is 96.7 Å². The van der Waals surface area contributed by atoms with Crippen molar-refractivity contribution in [3.05, 3.63) is 47.6 Å². The van der Waals surface area contributed by atoms with Crippen LogP contribution < -0.4 is 0 Å². The van der Waals surface area contributed by atoms with Crippen molar-refractivity contribution >= 4 is 11.9 Å². The Balaban J connectivity index is 1.66. The van der Waals surface area contributed by atoms with E-state index in [0.29, 0.717) is 12.8 Å². The van der Waals surface area contributed by atoms with Crippen molar-refractivity contribution in [1.82, 2.24) is 0 Å². The molecule has 228 valence electrons. The van der Waals surface area contributed by atoms with Crippen molar-refractivity contribution in [2.45, 2.75) is 95.5 Å². The van der Waals surface area contributed by atoms with E-state index in [0.717, 1.165) is 11.1 Å². The summed E-state index contributed by atoms with van der Waals surface area (Å²) in [5.41, 5.74) is -0.492. The molecule has 41 heavy (non-hydrogen) atoms. The van der Waals surface area contributed by atoms with Gasteiger partial charge in [-0.3, -0.25) is 4.79 Å². The van der Waals surface area contributed by atoms with Crippen LogP contribution in [0.25, 0.3) is 6.08 Å². The highest BCUT2D eigenvalue weighted by molar-refractivity contribution is 5.93. The smallest absolute Gasteiger partial charge is 0.187 e. The number of benzene rings is 1. The van der Waals surface area contributed by atoms with Crippen molar-refractivity contribution in [3.8, 4) is 5.75 Å². The molecule has 0 unspecified atom stereocenters. The minimum Gasteiger partial charge on any atom is -0.508 e. The van der Waals surface area contributed by atoms with Gasteiger partial charge in [0.2, 0.25) is 0 Å². The first kappa shape index (κ1) is 31.8. The summed E-state index contributed by atoms with van der Waals surface area (Å²) >= 11 is 0. The maximum Gasteiger partial charge on any atom is 0.187 e. The Morgan fingerprint density at radius 1 is 1.12 bits per heavy atom. The van der Waals surface area contributed by atoms with Gasteiger partial charge in [-0.15, -0.1) is 0 Å². The maximum atomic E-state index is 13.2. The first-order chi connectivity index (χ1) is 19.2. The third-order valence-corrected chi connectivity index (χ3v) is 9.53. The van der Waals surface area contributed by atoms with E-state index in [1.54, 1.807) is 32.1 Å². The van der Waals surface area contributed by atoms with E-state index in [4.69, 9.17) is 9.47 Å². The van der Waals surface area contributed by atoms with Crippen LogP contribution in [0, 0.1) is 23.2 Å². The van der Waals surface area contributed by atoms with Crippen molar-refractivity contribution in [3.63, 3.8) is 0 Å². The summed E-state index contributed by atoms with van der Waals surface area (Å²) in [6, 6.07) is 6.46. The molecule has 11 atom stereocenters. The van der Waals surface area contributed by atoms with E-state index in [-0.39, 0.29) is 23.9 Å². The van der Waals surface area contributed by atoms with Gasteiger partial charge in [0.15, 0.2) is 12.1 Å². The van der Waals surface area contributed by atoms with Gasteiger partial charge >= 0.3 is 0 Å². The average molecular weight is 577 g/mol. The van der Waals surface area contributed by atoms with Crippen molar-refractivity contribution in [2.24, 2.45) is 23.2 Å². The lowest BCUT2D eigenvalue weighted by atomic mass is 9.48. The second-order valence-electron chi connectivity index (χ2n) is 12.6. The second kappa shape index (κ2) is 12.2. The zero-order valence-electron chi connectivity index (χ0n) is 24.0. The highest BCUT2D eigenvalue weighted by Crippen LogP contribution is 2.59. The molecule has 2 aliphatic carbocycles. The number of aliphatic hydroxyl groups is 6. The molecule has 0 radical (unpaired) electrons. The molecule has 1 aromatic rings. The lowest BCUT2D eigenvalue weighted by molar-refractivity contribution is -0.332. The van der Waals surface area contributed by atoms with Crippen LogP contribution in [0.1, 0.15) is 52.5 Å². The summed E-state index contributed by atoms with van der Waals surface area (Å²) in [5, 5.41) is 73.2. The number of aliphatic hydroxyl groups excluding tert-OH is 5. The molecule has 10 nitrogen and oxygen atoms in total. The third kappa shape index (κ3) is 6.30. The Morgan fingerprint density at radius 3 is 2.39 bits per heavy atom. The number of ether oxygens (including phenoxy) is 2. The van der Waals surface area contributed by atoms with E-state index < -0.39 is 72.4 Å². The topological polar surface area (TPSA) is 177 Å². The number of hydrogen-bond acceptors (Lipinski definition) is 10. The van der Waals surface area contributed by atoms with Gasteiger partial charge in [-0.05, 0) is 63.3 Å². The van der Waals surface area contributed by atoms with Gasteiger partial charge in [-0.2, -0.15) is 0 Å². The minimum absolute atomic E-state index is 0.116. The van der Waals surface area contributed by atoms with Crippen LogP contribution in [0.3, 0.4) is 0 Å². The fourth-order valence-corrected chi connectivity index (χ4v) is 7.03. The molecule has 2 fully saturated rings. The predicted molar refractivity (Wildman–Crippen MR) is 149 cm³/mol. The first-order valence-electron chi connectivity index (χ1n) is 14.2. The van der Waals surface area contributed by atoms with E-state index in [9.17, 15) is 40.5 Å². The lowest BCUT2D eigenvalue weighted by Crippen LogP contribution is -2.65. The fourth-order valence-electron chi connectivity index (χ4n) is 7.03. The lowest BCUT2D eigenvalue weighted by Gasteiger charge is -2.60. The van der Waals surface area contributed by atoms with Gasteiger partial charge < -0.3 is 45.2 Å². The Morgan fingerprint density at radius 2 is 1.78 bits per heavy atom. The Bertz CT molecular complexity index is 1120. The van der Waals surface area contributed by atoms with Gasteiger partial charge in [-0.25, -0.2) is 0 Å². The molecule has 1 aliphatic heterocycles. The Hall–Kier alpha value is -2.15. The number of phenols is 1. The second-order valence-corrected chi connectivity index (χ2v) is 12.6. The zero-order chi connectivity index (χ0) is 30.3. The van der Waals surface area contributed by atoms with Crippen LogP contribution in [0.2, 0.25) is 0 Å². The van der Waals surface area contributed by atoms with E-state index >= 15 is 0 Å². The number of hydrogen-bond donors (Lipinski definition) is 7. The molecule has 1 aromatic carbocycles. The normalized spacial score (nSPS) is 39.8. The van der Waals surface area contributed by atoms with Crippen LogP contribution in [0.15, 0.2) is 42.0 Å². The standard InChI is InChI=1S/C31H44O10/c1-16-5-12-23(35)31(4)18(13-20(34)11-8-17-6-9-19(33)10-7-17)14-21(30(2,3)39)28(24(16)31)41-29-27(38)26(37)25(36)22(15-32)40-29/h5-11,18,21-29,32-33,35-39H,12-15H2,1-4H3/b11-8+/t18-,21-,22-,23+,24-,25-,26+,27-,28+,29+,31-/m1/s1. The Labute approximate surface area is 240 Å². The van der Waals surface area contributed by atoms with Gasteiger partial charge in [0.25, 0.3) is 0 Å². The summed E-state index contributed by atoms with van der Waals surface area (Å²) < 4.78 is 12.0. The molecule has 1 heterocycles. The van der Waals surface area contributed by atoms with Crippen molar-refractivity contribution in [1.29, 1.82) is 0 Å². The molecule has 3 aliphatic rings. The summed E-state index contributed by atoms with van der Waals surface area (Å²) in [4.78, 5) is 13.2. The zero-order valence-corrected chi connectivity index (χ0v) is 24.0. The average Bonchev–Trinajstić information content (AvgIpc) is 2.91. The number of phenolic OH excluding ortho intramolecular Hbond substituents is 1. The molecule has 4 rings (SSSR count). The van der Waals surface area contributed by atoms with Gasteiger partial charge in [0, 0.05) is 23.7 Å². The predicted octanol–water partition coefficient (Wildman–Crippen LogP) is 1.29. The quantitative estimate of drug-likeness (QED) is 0.176. The molecule has 1 saturated heterocycles. The van der Waals surface area contributed by atoms with Gasteiger partial charge in [0.05, 0.1) is 24.4 Å². The number of fused-ring (bicyclic) bond motifs is 1. The van der Waals surface area contributed by atoms with Crippen molar-refractivity contribution in [2.75, 3.05) is 6.61 Å². The summed E-state index contributed by atoms with van der Waals surface area (Å²) in [5.74, 6) is -1.41. The number of allylic oxidation sites excluding steroid dienone is 1. The molecular formula is C31H44O10. The Kier molecular flexibility index (Phi) is 9.47. The molecule has 10 heteroatoms. The van der Waals surface area contributed by atoms with E-state index in [2.05, 4.69) is 0 Å². The summed E-state index contributed by atoms with van der Waals surface area (Å²) in [7, 11) is 0. The largest absolute Gasteiger partial charge is 0.508 e. The SMILES string of the molecule is CC1=CC[C@H](O)[C@@]2(C)[C@H](CC(=O)/C=C/c3ccc(O)cc3)C[C@@H](C(C)(C)O)[C@H](O[C@@H]3O[C@H](CO)[C@@H](O)[C@H](O)[C@H]3O)[C@@H]12. The van der Waals surface area contributed by atoms with E-state index in [1.165, 1.54) is 18.2 Å². The molecule has 7 N–H and O–H groups in total. The molecule has 1 saturated carbocycles. The number of carbonyl (C=O) groups is 1. The molecule has 0 bridgehead atoms. The van der Waals surface area contributed by atoms with Crippen LogP contribution in [0.4, 0.5) is 0 Å². The molecule has 0 aromatic heterocycles. The molecular weight excluding hydrogens is 532 g/mol. The highest BCUT2D eigenvalue weighted by Gasteiger charge is 2.61. The number of rotatable bonds is 8. The fraction of sp³-hybridized carbons (Fsp3) is 0.645. The first-order valence-corrected chi connectivity index (χ1v) is 14.2. The number of ketones is 1.